The van der Waals surface area contributed by atoms with Crippen molar-refractivity contribution in [3.05, 3.63) is 46.6 Å². The van der Waals surface area contributed by atoms with Gasteiger partial charge >= 0.3 is 0 Å². The molecule has 0 N–H and O–H groups in total. The SMILES string of the molecule is Cc1cc(N(C)C)n2nc(-c3ccc(Cl)cc3)c(C)c2n1. The van der Waals surface area contributed by atoms with Crippen molar-refractivity contribution >= 4 is 23.1 Å². The Hall–Kier alpha value is -2.07. The summed E-state index contributed by atoms with van der Waals surface area (Å²) in [5, 5.41) is 5.47. The molecule has 0 spiro atoms. The fourth-order valence-electron chi connectivity index (χ4n) is 2.43. The zero-order chi connectivity index (χ0) is 15.1. The highest BCUT2D eigenvalue weighted by Gasteiger charge is 2.15. The van der Waals surface area contributed by atoms with E-state index in [0.717, 1.165) is 39.0 Å². The molecule has 108 valence electrons. The number of rotatable bonds is 2. The van der Waals surface area contributed by atoms with E-state index in [0.29, 0.717) is 0 Å². The molecule has 21 heavy (non-hydrogen) atoms. The van der Waals surface area contributed by atoms with Crippen LogP contribution in [0.5, 0.6) is 0 Å². The quantitative estimate of drug-likeness (QED) is 0.723. The fourth-order valence-corrected chi connectivity index (χ4v) is 2.55. The average Bonchev–Trinajstić information content (AvgIpc) is 2.76. The van der Waals surface area contributed by atoms with Crippen molar-refractivity contribution in [2.24, 2.45) is 0 Å². The topological polar surface area (TPSA) is 33.4 Å². The molecule has 5 heteroatoms. The lowest BCUT2D eigenvalue weighted by Gasteiger charge is -2.14. The number of fused-ring (bicyclic) bond motifs is 1. The minimum Gasteiger partial charge on any atom is -0.363 e. The first kappa shape index (κ1) is 13.9. The number of hydrogen-bond acceptors (Lipinski definition) is 3. The predicted molar refractivity (Wildman–Crippen MR) is 87.2 cm³/mol. The summed E-state index contributed by atoms with van der Waals surface area (Å²) in [7, 11) is 4.01. The van der Waals surface area contributed by atoms with Crippen LogP contribution in [-0.4, -0.2) is 28.7 Å². The van der Waals surface area contributed by atoms with Crippen molar-refractivity contribution in [2.75, 3.05) is 19.0 Å². The van der Waals surface area contributed by atoms with Gasteiger partial charge in [-0.05, 0) is 26.0 Å². The van der Waals surface area contributed by atoms with E-state index in [2.05, 4.69) is 11.9 Å². The molecule has 4 nitrogen and oxygen atoms in total. The third kappa shape index (κ3) is 2.36. The summed E-state index contributed by atoms with van der Waals surface area (Å²) >= 11 is 5.96. The Labute approximate surface area is 129 Å². The van der Waals surface area contributed by atoms with Crippen LogP contribution >= 0.6 is 11.6 Å². The van der Waals surface area contributed by atoms with Gasteiger partial charge < -0.3 is 4.90 Å². The van der Waals surface area contributed by atoms with Crippen LogP contribution in [0.2, 0.25) is 5.02 Å². The molecule has 2 aromatic heterocycles. The lowest BCUT2D eigenvalue weighted by molar-refractivity contribution is 0.891. The molecule has 0 atom stereocenters. The highest BCUT2D eigenvalue weighted by atomic mass is 35.5. The number of halogens is 1. The van der Waals surface area contributed by atoms with Crippen LogP contribution < -0.4 is 4.90 Å². The maximum absolute atomic E-state index is 5.96. The van der Waals surface area contributed by atoms with Crippen molar-refractivity contribution in [3.63, 3.8) is 0 Å². The second-order valence-corrected chi connectivity index (χ2v) is 5.80. The van der Waals surface area contributed by atoms with Gasteiger partial charge in [-0.25, -0.2) is 4.98 Å². The summed E-state index contributed by atoms with van der Waals surface area (Å²) in [6.07, 6.45) is 0. The van der Waals surface area contributed by atoms with Crippen molar-refractivity contribution in [1.82, 2.24) is 14.6 Å². The van der Waals surface area contributed by atoms with Gasteiger partial charge in [0.15, 0.2) is 5.65 Å². The molecule has 0 amide bonds. The van der Waals surface area contributed by atoms with E-state index in [4.69, 9.17) is 16.7 Å². The lowest BCUT2D eigenvalue weighted by atomic mass is 10.1. The number of aromatic nitrogens is 3. The van der Waals surface area contributed by atoms with Gasteiger partial charge in [0.2, 0.25) is 0 Å². The lowest BCUT2D eigenvalue weighted by Crippen LogP contribution is -2.14. The van der Waals surface area contributed by atoms with E-state index in [1.807, 2.05) is 60.8 Å². The molecule has 0 radical (unpaired) electrons. The second-order valence-electron chi connectivity index (χ2n) is 5.37. The third-order valence-electron chi connectivity index (χ3n) is 3.50. The number of anilines is 1. The Morgan fingerprint density at radius 3 is 2.38 bits per heavy atom. The van der Waals surface area contributed by atoms with Crippen LogP contribution in [0.1, 0.15) is 11.3 Å². The molecule has 0 fully saturated rings. The first-order valence-corrected chi connectivity index (χ1v) is 7.15. The molecule has 0 saturated heterocycles. The van der Waals surface area contributed by atoms with Gasteiger partial charge in [-0.2, -0.15) is 9.61 Å². The van der Waals surface area contributed by atoms with Crippen molar-refractivity contribution in [3.8, 4) is 11.3 Å². The largest absolute Gasteiger partial charge is 0.363 e. The van der Waals surface area contributed by atoms with Crippen LogP contribution in [0.4, 0.5) is 5.82 Å². The summed E-state index contributed by atoms with van der Waals surface area (Å²) in [5.74, 6) is 1.01. The monoisotopic (exact) mass is 300 g/mol. The van der Waals surface area contributed by atoms with Gasteiger partial charge in [-0.15, -0.1) is 0 Å². The molecule has 0 aliphatic carbocycles. The molecule has 1 aromatic carbocycles. The molecular formula is C16H17ClN4. The summed E-state index contributed by atoms with van der Waals surface area (Å²) < 4.78 is 1.90. The van der Waals surface area contributed by atoms with E-state index >= 15 is 0 Å². The van der Waals surface area contributed by atoms with Gasteiger partial charge in [0, 0.05) is 42.0 Å². The smallest absolute Gasteiger partial charge is 0.161 e. The molecule has 0 unspecified atom stereocenters. The number of benzene rings is 1. The average molecular weight is 301 g/mol. The summed E-state index contributed by atoms with van der Waals surface area (Å²) in [5.41, 5.74) is 4.93. The standard InChI is InChI=1S/C16H17ClN4/c1-10-9-14(20(3)4)21-16(18-10)11(2)15(19-21)12-5-7-13(17)8-6-12/h5-9H,1-4H3. The summed E-state index contributed by atoms with van der Waals surface area (Å²) in [4.78, 5) is 6.67. The molecule has 2 heterocycles. The van der Waals surface area contributed by atoms with E-state index in [1.54, 1.807) is 0 Å². The van der Waals surface area contributed by atoms with Gasteiger partial charge in [0.05, 0.1) is 5.69 Å². The molecule has 3 rings (SSSR count). The zero-order valence-corrected chi connectivity index (χ0v) is 13.3. The Bertz CT molecular complexity index is 803. The minimum absolute atomic E-state index is 0.725. The predicted octanol–water partition coefficient (Wildman–Crippen LogP) is 3.73. The molecular weight excluding hydrogens is 284 g/mol. The Balaban J connectivity index is 2.28. The number of aryl methyl sites for hydroxylation is 2. The molecule has 3 aromatic rings. The summed E-state index contributed by atoms with van der Waals surface area (Å²) in [6.45, 7) is 4.06. The second kappa shape index (κ2) is 5.04. The molecule has 0 aliphatic rings. The maximum Gasteiger partial charge on any atom is 0.161 e. The van der Waals surface area contributed by atoms with Crippen LogP contribution in [0.25, 0.3) is 16.9 Å². The Morgan fingerprint density at radius 2 is 1.76 bits per heavy atom. The van der Waals surface area contributed by atoms with Crippen molar-refractivity contribution in [2.45, 2.75) is 13.8 Å². The zero-order valence-electron chi connectivity index (χ0n) is 12.6. The highest BCUT2D eigenvalue weighted by Crippen LogP contribution is 2.28. The maximum atomic E-state index is 5.96. The van der Waals surface area contributed by atoms with Crippen molar-refractivity contribution in [1.29, 1.82) is 0 Å². The number of hydrogen-bond donors (Lipinski definition) is 0. The Kier molecular flexibility index (Phi) is 3.33. The normalized spacial score (nSPS) is 11.1. The molecule has 0 bridgehead atoms. The third-order valence-corrected chi connectivity index (χ3v) is 3.76. The van der Waals surface area contributed by atoms with E-state index in [9.17, 15) is 0 Å². The van der Waals surface area contributed by atoms with Crippen LogP contribution in [0.3, 0.4) is 0 Å². The van der Waals surface area contributed by atoms with Crippen LogP contribution in [0, 0.1) is 13.8 Å². The van der Waals surface area contributed by atoms with Gasteiger partial charge in [-0.1, -0.05) is 23.7 Å². The highest BCUT2D eigenvalue weighted by molar-refractivity contribution is 6.30. The van der Waals surface area contributed by atoms with Gasteiger partial charge in [-0.3, -0.25) is 0 Å². The first-order valence-electron chi connectivity index (χ1n) is 6.77. The van der Waals surface area contributed by atoms with Gasteiger partial charge in [0.25, 0.3) is 0 Å². The number of nitrogens with zero attached hydrogens (tertiary/aromatic N) is 4. The van der Waals surface area contributed by atoms with E-state index in [-0.39, 0.29) is 0 Å². The molecule has 0 saturated carbocycles. The Morgan fingerprint density at radius 1 is 1.10 bits per heavy atom. The van der Waals surface area contributed by atoms with Crippen LogP contribution in [-0.2, 0) is 0 Å². The fraction of sp³-hybridized carbons (Fsp3) is 0.250. The van der Waals surface area contributed by atoms with Crippen LogP contribution in [0.15, 0.2) is 30.3 Å². The van der Waals surface area contributed by atoms with Crippen molar-refractivity contribution < 1.29 is 0 Å². The minimum atomic E-state index is 0.725. The summed E-state index contributed by atoms with van der Waals surface area (Å²) in [6, 6.07) is 9.77. The molecule has 0 aliphatic heterocycles. The van der Waals surface area contributed by atoms with E-state index in [1.165, 1.54) is 0 Å². The van der Waals surface area contributed by atoms with E-state index < -0.39 is 0 Å². The first-order chi connectivity index (χ1) is 9.97. The van der Waals surface area contributed by atoms with Gasteiger partial charge in [0.1, 0.15) is 5.82 Å².